The molecule has 2 atom stereocenters. The van der Waals surface area contributed by atoms with Crippen molar-refractivity contribution in [2.24, 2.45) is 5.92 Å². The van der Waals surface area contributed by atoms with Gasteiger partial charge in [-0.1, -0.05) is 49.1 Å². The van der Waals surface area contributed by atoms with Crippen LogP contribution in [-0.2, 0) is 15.1 Å². The molecule has 1 aromatic rings. The first kappa shape index (κ1) is 17.0. The second kappa shape index (κ2) is 7.38. The largest absolute Gasteiger partial charge is 0.458 e. The lowest BCUT2D eigenvalue weighted by atomic mass is 9.85. The first-order valence-corrected chi connectivity index (χ1v) is 8.85. The van der Waals surface area contributed by atoms with Crippen molar-refractivity contribution in [1.82, 2.24) is 4.90 Å². The summed E-state index contributed by atoms with van der Waals surface area (Å²) >= 11 is 0. The second-order valence-corrected chi connectivity index (χ2v) is 6.71. The van der Waals surface area contributed by atoms with Crippen LogP contribution in [-0.4, -0.2) is 41.7 Å². The molecule has 0 aliphatic carbocycles. The lowest BCUT2D eigenvalue weighted by Gasteiger charge is -2.44. The Kier molecular flexibility index (Phi) is 5.23. The van der Waals surface area contributed by atoms with Crippen LogP contribution < -0.4 is 0 Å². The number of ether oxygens (including phenoxy) is 1. The van der Waals surface area contributed by atoms with Crippen molar-refractivity contribution in [2.75, 3.05) is 19.6 Å². The molecule has 1 N–H and O–H groups in total. The smallest absolute Gasteiger partial charge is 0.356 e. The van der Waals surface area contributed by atoms with E-state index < -0.39 is 11.6 Å². The zero-order chi connectivity index (χ0) is 17.0. The number of carbonyl (C=O) groups is 1. The lowest BCUT2D eigenvalue weighted by Crippen LogP contribution is -2.53. The van der Waals surface area contributed by atoms with Gasteiger partial charge in [-0.25, -0.2) is 4.79 Å². The normalized spacial score (nSPS) is 27.7. The van der Waals surface area contributed by atoms with E-state index in [0.717, 1.165) is 38.9 Å². The number of esters is 1. The van der Waals surface area contributed by atoms with E-state index in [1.807, 2.05) is 13.0 Å². The van der Waals surface area contributed by atoms with Gasteiger partial charge in [0.2, 0.25) is 5.60 Å². The van der Waals surface area contributed by atoms with Gasteiger partial charge in [0, 0.05) is 18.5 Å². The van der Waals surface area contributed by atoms with Crippen molar-refractivity contribution >= 4 is 5.97 Å². The SMILES string of the molecule is CCCC#CC(O)(C(=O)OC1CN2CCC1CC2)c1ccccc1. The third-order valence-corrected chi connectivity index (χ3v) is 4.99. The van der Waals surface area contributed by atoms with Gasteiger partial charge < -0.3 is 9.84 Å². The van der Waals surface area contributed by atoms with E-state index in [-0.39, 0.29) is 6.10 Å². The molecular weight excluding hydrogens is 302 g/mol. The minimum absolute atomic E-state index is 0.136. The van der Waals surface area contributed by atoms with Crippen LogP contribution in [0, 0.1) is 17.8 Å². The number of aliphatic hydroxyl groups is 1. The van der Waals surface area contributed by atoms with E-state index in [1.165, 1.54) is 0 Å². The van der Waals surface area contributed by atoms with Gasteiger partial charge in [-0.05, 0) is 38.3 Å². The van der Waals surface area contributed by atoms with E-state index in [0.29, 0.717) is 17.9 Å². The Balaban J connectivity index is 1.80. The predicted octanol–water partition coefficient (Wildman–Crippen LogP) is 2.32. The van der Waals surface area contributed by atoms with Crippen LogP contribution >= 0.6 is 0 Å². The number of fused-ring (bicyclic) bond motifs is 3. The lowest BCUT2D eigenvalue weighted by molar-refractivity contribution is -0.175. The number of nitrogens with zero attached hydrogens (tertiary/aromatic N) is 1. The number of carbonyl (C=O) groups excluding carboxylic acids is 1. The Labute approximate surface area is 143 Å². The third-order valence-electron chi connectivity index (χ3n) is 4.99. The Morgan fingerprint density at radius 3 is 2.62 bits per heavy atom. The topological polar surface area (TPSA) is 49.8 Å². The van der Waals surface area contributed by atoms with Gasteiger partial charge in [0.1, 0.15) is 6.10 Å². The summed E-state index contributed by atoms with van der Waals surface area (Å²) in [6.45, 7) is 4.95. The fourth-order valence-electron chi connectivity index (χ4n) is 3.50. The molecule has 4 rings (SSSR count). The van der Waals surface area contributed by atoms with Gasteiger partial charge in [0.25, 0.3) is 0 Å². The first-order valence-electron chi connectivity index (χ1n) is 8.85. The minimum atomic E-state index is -1.89. The number of piperidine rings is 3. The van der Waals surface area contributed by atoms with E-state index in [2.05, 4.69) is 16.7 Å². The van der Waals surface area contributed by atoms with Gasteiger partial charge in [0.15, 0.2) is 0 Å². The molecule has 3 fully saturated rings. The average Bonchev–Trinajstić information content (AvgIpc) is 2.63. The van der Waals surface area contributed by atoms with E-state index in [1.54, 1.807) is 24.3 Å². The first-order chi connectivity index (χ1) is 11.6. The van der Waals surface area contributed by atoms with Gasteiger partial charge in [-0.2, -0.15) is 0 Å². The summed E-state index contributed by atoms with van der Waals surface area (Å²) in [5, 5.41) is 11.0. The number of rotatable bonds is 4. The van der Waals surface area contributed by atoms with Crippen molar-refractivity contribution in [3.63, 3.8) is 0 Å². The molecule has 0 radical (unpaired) electrons. The maximum Gasteiger partial charge on any atom is 0.356 e. The molecule has 2 bridgehead atoms. The summed E-state index contributed by atoms with van der Waals surface area (Å²) in [4.78, 5) is 15.1. The molecule has 3 aliphatic rings. The molecule has 3 aliphatic heterocycles. The molecule has 3 saturated heterocycles. The number of hydrogen-bond acceptors (Lipinski definition) is 4. The summed E-state index contributed by atoms with van der Waals surface area (Å²) in [6.07, 6.45) is 3.50. The maximum atomic E-state index is 12.8. The predicted molar refractivity (Wildman–Crippen MR) is 92.1 cm³/mol. The Morgan fingerprint density at radius 1 is 1.33 bits per heavy atom. The molecule has 24 heavy (non-hydrogen) atoms. The number of benzene rings is 1. The van der Waals surface area contributed by atoms with Gasteiger partial charge in [-0.3, -0.25) is 4.90 Å². The fourth-order valence-corrected chi connectivity index (χ4v) is 3.50. The Morgan fingerprint density at radius 2 is 2.04 bits per heavy atom. The molecule has 128 valence electrons. The second-order valence-electron chi connectivity index (χ2n) is 6.71. The van der Waals surface area contributed by atoms with Crippen molar-refractivity contribution in [3.05, 3.63) is 35.9 Å². The quantitative estimate of drug-likeness (QED) is 0.681. The highest BCUT2D eigenvalue weighted by atomic mass is 16.6. The average molecular weight is 327 g/mol. The van der Waals surface area contributed by atoms with Crippen LogP contribution in [0.1, 0.15) is 38.2 Å². The van der Waals surface area contributed by atoms with Crippen molar-refractivity contribution in [2.45, 2.75) is 44.3 Å². The Bertz CT molecular complexity index is 625. The number of unbranched alkanes of at least 4 members (excludes halogenated alkanes) is 1. The highest BCUT2D eigenvalue weighted by Crippen LogP contribution is 2.31. The molecule has 3 heterocycles. The fraction of sp³-hybridized carbons (Fsp3) is 0.550. The highest BCUT2D eigenvalue weighted by Gasteiger charge is 2.43. The summed E-state index contributed by atoms with van der Waals surface area (Å²) < 4.78 is 5.74. The van der Waals surface area contributed by atoms with E-state index >= 15 is 0 Å². The summed E-state index contributed by atoms with van der Waals surface area (Å²) in [5.41, 5.74) is -1.41. The monoisotopic (exact) mass is 327 g/mol. The van der Waals surface area contributed by atoms with Gasteiger partial charge in [0.05, 0.1) is 0 Å². The van der Waals surface area contributed by atoms with Crippen LogP contribution in [0.4, 0.5) is 0 Å². The maximum absolute atomic E-state index is 12.8. The zero-order valence-electron chi connectivity index (χ0n) is 14.2. The molecule has 0 amide bonds. The van der Waals surface area contributed by atoms with E-state index in [4.69, 9.17) is 4.74 Å². The van der Waals surface area contributed by atoms with Crippen LogP contribution in [0.25, 0.3) is 0 Å². The molecular formula is C20H25NO3. The van der Waals surface area contributed by atoms with Gasteiger partial charge in [-0.15, -0.1) is 0 Å². The highest BCUT2D eigenvalue weighted by molar-refractivity contribution is 5.85. The molecule has 0 spiro atoms. The molecule has 4 heteroatoms. The molecule has 0 saturated carbocycles. The summed E-state index contributed by atoms with van der Waals surface area (Å²) in [5.74, 6) is 5.44. The van der Waals surface area contributed by atoms with Crippen molar-refractivity contribution in [3.8, 4) is 11.8 Å². The van der Waals surface area contributed by atoms with Crippen molar-refractivity contribution in [1.29, 1.82) is 0 Å². The zero-order valence-corrected chi connectivity index (χ0v) is 14.2. The molecule has 4 nitrogen and oxygen atoms in total. The standard InChI is InChI=1S/C20H25NO3/c1-2-3-7-12-20(23,17-8-5-4-6-9-17)19(22)24-18-15-21-13-10-16(18)11-14-21/h4-6,8-9,16,18,23H,2-3,10-11,13-15H2,1H3. The number of hydrogen-bond donors (Lipinski definition) is 1. The molecule has 2 unspecified atom stereocenters. The van der Waals surface area contributed by atoms with Crippen molar-refractivity contribution < 1.29 is 14.6 Å². The van der Waals surface area contributed by atoms with E-state index in [9.17, 15) is 9.90 Å². The van der Waals surface area contributed by atoms with Crippen LogP contribution in [0.15, 0.2) is 30.3 Å². The van der Waals surface area contributed by atoms with Crippen LogP contribution in [0.5, 0.6) is 0 Å². The minimum Gasteiger partial charge on any atom is -0.458 e. The van der Waals surface area contributed by atoms with Crippen LogP contribution in [0.2, 0.25) is 0 Å². The van der Waals surface area contributed by atoms with Gasteiger partial charge >= 0.3 is 5.97 Å². The van der Waals surface area contributed by atoms with Crippen LogP contribution in [0.3, 0.4) is 0 Å². The summed E-state index contributed by atoms with van der Waals surface area (Å²) in [7, 11) is 0. The molecule has 1 aromatic carbocycles. The third kappa shape index (κ3) is 3.48. The molecule has 0 aromatic heterocycles. The Hall–Kier alpha value is -1.83. The summed E-state index contributed by atoms with van der Waals surface area (Å²) in [6, 6.07) is 8.88.